The summed E-state index contributed by atoms with van der Waals surface area (Å²) in [6.45, 7) is 5.77. The molecule has 0 amide bonds. The number of ether oxygens (including phenoxy) is 2. The Balaban J connectivity index is 1.66. The van der Waals surface area contributed by atoms with Crippen molar-refractivity contribution in [2.45, 2.75) is 58.0 Å². The van der Waals surface area contributed by atoms with Crippen LogP contribution >= 0.6 is 0 Å². The van der Waals surface area contributed by atoms with Gasteiger partial charge in [0.1, 0.15) is 18.0 Å². The van der Waals surface area contributed by atoms with Gasteiger partial charge in [-0.15, -0.1) is 0 Å². The van der Waals surface area contributed by atoms with E-state index in [-0.39, 0.29) is 5.60 Å². The van der Waals surface area contributed by atoms with Crippen molar-refractivity contribution in [1.82, 2.24) is 0 Å². The van der Waals surface area contributed by atoms with Crippen LogP contribution in [0.1, 0.15) is 51.5 Å². The van der Waals surface area contributed by atoms with Crippen molar-refractivity contribution in [3.8, 4) is 5.75 Å². The molecule has 1 aliphatic rings. The molecule has 0 N–H and O–H groups in total. The van der Waals surface area contributed by atoms with Gasteiger partial charge >= 0.3 is 0 Å². The van der Waals surface area contributed by atoms with E-state index in [0.29, 0.717) is 6.61 Å². The summed E-state index contributed by atoms with van der Waals surface area (Å²) in [6, 6.07) is 8.47. The number of benzene rings is 1. The van der Waals surface area contributed by atoms with Crippen LogP contribution in [-0.2, 0) is 11.2 Å². The summed E-state index contributed by atoms with van der Waals surface area (Å²) in [5, 5.41) is 0. The highest BCUT2D eigenvalue weighted by molar-refractivity contribution is 5.28. The molecule has 2 nitrogen and oxygen atoms in total. The molecule has 1 atom stereocenters. The lowest BCUT2D eigenvalue weighted by molar-refractivity contribution is 0.202. The van der Waals surface area contributed by atoms with E-state index in [9.17, 15) is 0 Å². The topological polar surface area (TPSA) is 21.8 Å². The van der Waals surface area contributed by atoms with Gasteiger partial charge in [0.15, 0.2) is 0 Å². The van der Waals surface area contributed by atoms with Crippen LogP contribution in [0.2, 0.25) is 0 Å². The second-order valence-corrected chi connectivity index (χ2v) is 6.18. The highest BCUT2D eigenvalue weighted by Gasteiger charge is 2.40. The fraction of sp³-hybridized carbons (Fsp3) is 0.579. The highest BCUT2D eigenvalue weighted by atomic mass is 16.6. The quantitative estimate of drug-likeness (QED) is 0.346. The molecule has 1 aromatic rings. The first-order valence-corrected chi connectivity index (χ1v) is 8.22. The molecule has 1 aliphatic heterocycles. The Bertz CT molecular complexity index is 447. The average Bonchev–Trinajstić information content (AvgIpc) is 3.23. The number of unbranched alkanes of at least 4 members (excludes halogenated alkanes) is 3. The molecule has 1 aromatic carbocycles. The van der Waals surface area contributed by atoms with Crippen LogP contribution in [0.3, 0.4) is 0 Å². The standard InChI is InChI=1S/C19H28O2/c1-3-4-5-6-7-8-9-11-17-12-10-13-18(14-17)20-15-19(2)16-21-19/h5-6,10,12-14H,3-4,7-9,11,15-16H2,1-2H3/b6-5+. The molecule has 1 fully saturated rings. The molecule has 0 bridgehead atoms. The molecule has 2 heteroatoms. The third-order valence-electron chi connectivity index (χ3n) is 3.79. The van der Waals surface area contributed by atoms with Crippen molar-refractivity contribution in [2.75, 3.05) is 13.2 Å². The fourth-order valence-corrected chi connectivity index (χ4v) is 2.23. The summed E-state index contributed by atoms with van der Waals surface area (Å²) >= 11 is 0. The molecule has 0 aromatic heterocycles. The largest absolute Gasteiger partial charge is 0.490 e. The molecule has 0 radical (unpaired) electrons. The summed E-state index contributed by atoms with van der Waals surface area (Å²) in [7, 11) is 0. The number of hydrogen-bond acceptors (Lipinski definition) is 2. The molecular weight excluding hydrogens is 260 g/mol. The molecule has 0 aliphatic carbocycles. The Labute approximate surface area is 129 Å². The van der Waals surface area contributed by atoms with Gasteiger partial charge in [-0.1, -0.05) is 37.6 Å². The third kappa shape index (κ3) is 6.34. The number of epoxide rings is 1. The Morgan fingerprint density at radius 2 is 2.05 bits per heavy atom. The molecule has 116 valence electrons. The molecular formula is C19H28O2. The first-order chi connectivity index (χ1) is 10.2. The zero-order valence-electron chi connectivity index (χ0n) is 13.4. The maximum Gasteiger partial charge on any atom is 0.123 e. The van der Waals surface area contributed by atoms with Crippen LogP contribution in [0.15, 0.2) is 36.4 Å². The molecule has 2 rings (SSSR count). The van der Waals surface area contributed by atoms with Gasteiger partial charge in [-0.2, -0.15) is 0 Å². The maximum atomic E-state index is 5.81. The number of hydrogen-bond donors (Lipinski definition) is 0. The smallest absolute Gasteiger partial charge is 0.123 e. The van der Waals surface area contributed by atoms with Crippen molar-refractivity contribution in [3.05, 3.63) is 42.0 Å². The van der Waals surface area contributed by atoms with Gasteiger partial charge < -0.3 is 9.47 Å². The van der Waals surface area contributed by atoms with E-state index < -0.39 is 0 Å². The third-order valence-corrected chi connectivity index (χ3v) is 3.79. The van der Waals surface area contributed by atoms with E-state index in [0.717, 1.165) is 18.8 Å². The van der Waals surface area contributed by atoms with Crippen LogP contribution in [-0.4, -0.2) is 18.8 Å². The van der Waals surface area contributed by atoms with Gasteiger partial charge in [-0.25, -0.2) is 0 Å². The number of allylic oxidation sites excluding steroid dienone is 2. The Hall–Kier alpha value is -1.28. The van der Waals surface area contributed by atoms with Crippen LogP contribution < -0.4 is 4.74 Å². The first kappa shape index (κ1) is 16.1. The van der Waals surface area contributed by atoms with E-state index in [4.69, 9.17) is 9.47 Å². The van der Waals surface area contributed by atoms with Gasteiger partial charge in [0.05, 0.1) is 6.61 Å². The minimum Gasteiger partial charge on any atom is -0.490 e. The van der Waals surface area contributed by atoms with E-state index in [2.05, 4.69) is 44.2 Å². The number of rotatable bonds is 10. The summed E-state index contributed by atoms with van der Waals surface area (Å²) < 4.78 is 11.1. The van der Waals surface area contributed by atoms with Crippen molar-refractivity contribution >= 4 is 0 Å². The Morgan fingerprint density at radius 1 is 1.24 bits per heavy atom. The first-order valence-electron chi connectivity index (χ1n) is 8.22. The summed E-state index contributed by atoms with van der Waals surface area (Å²) in [6.07, 6.45) is 11.9. The summed E-state index contributed by atoms with van der Waals surface area (Å²) in [4.78, 5) is 0. The van der Waals surface area contributed by atoms with Crippen molar-refractivity contribution < 1.29 is 9.47 Å². The molecule has 21 heavy (non-hydrogen) atoms. The van der Waals surface area contributed by atoms with Crippen LogP contribution in [0.5, 0.6) is 5.75 Å². The molecule has 1 unspecified atom stereocenters. The van der Waals surface area contributed by atoms with Gasteiger partial charge in [-0.05, 0) is 56.7 Å². The van der Waals surface area contributed by atoms with Crippen molar-refractivity contribution in [3.63, 3.8) is 0 Å². The monoisotopic (exact) mass is 288 g/mol. The SMILES string of the molecule is CCC/C=C/CCCCc1cccc(OCC2(C)CO2)c1. The zero-order valence-corrected chi connectivity index (χ0v) is 13.4. The van der Waals surface area contributed by atoms with Gasteiger partial charge in [0, 0.05) is 0 Å². The molecule has 1 heterocycles. The highest BCUT2D eigenvalue weighted by Crippen LogP contribution is 2.27. The van der Waals surface area contributed by atoms with Gasteiger partial charge in [-0.3, -0.25) is 0 Å². The average molecular weight is 288 g/mol. The summed E-state index contributed by atoms with van der Waals surface area (Å²) in [5.74, 6) is 0.965. The van der Waals surface area contributed by atoms with Crippen LogP contribution in [0.25, 0.3) is 0 Å². The minimum atomic E-state index is -0.0408. The lowest BCUT2D eigenvalue weighted by atomic mass is 10.1. The second kappa shape index (κ2) is 8.23. The lowest BCUT2D eigenvalue weighted by Gasteiger charge is -2.10. The predicted octanol–water partition coefficient (Wildman–Crippen LogP) is 4.92. The van der Waals surface area contributed by atoms with Gasteiger partial charge in [0.2, 0.25) is 0 Å². The normalized spacial score (nSPS) is 20.9. The van der Waals surface area contributed by atoms with E-state index in [1.165, 1.54) is 37.7 Å². The zero-order chi connectivity index (χ0) is 15.0. The maximum absolute atomic E-state index is 5.81. The minimum absolute atomic E-state index is 0.0408. The lowest BCUT2D eigenvalue weighted by Crippen LogP contribution is -2.16. The molecule has 1 saturated heterocycles. The van der Waals surface area contributed by atoms with Crippen molar-refractivity contribution in [2.24, 2.45) is 0 Å². The second-order valence-electron chi connectivity index (χ2n) is 6.18. The molecule has 0 spiro atoms. The summed E-state index contributed by atoms with van der Waals surface area (Å²) in [5.41, 5.74) is 1.33. The fourth-order valence-electron chi connectivity index (χ4n) is 2.23. The van der Waals surface area contributed by atoms with Crippen LogP contribution in [0, 0.1) is 0 Å². The Morgan fingerprint density at radius 3 is 2.81 bits per heavy atom. The number of aryl methyl sites for hydroxylation is 1. The van der Waals surface area contributed by atoms with E-state index in [1.54, 1.807) is 0 Å². The Kier molecular flexibility index (Phi) is 6.31. The van der Waals surface area contributed by atoms with Crippen LogP contribution in [0.4, 0.5) is 0 Å². The molecule has 0 saturated carbocycles. The van der Waals surface area contributed by atoms with E-state index >= 15 is 0 Å². The van der Waals surface area contributed by atoms with Crippen molar-refractivity contribution in [1.29, 1.82) is 0 Å². The van der Waals surface area contributed by atoms with Gasteiger partial charge in [0.25, 0.3) is 0 Å². The predicted molar refractivity (Wildman–Crippen MR) is 87.9 cm³/mol. The van der Waals surface area contributed by atoms with E-state index in [1.807, 2.05) is 6.07 Å².